The van der Waals surface area contributed by atoms with Gasteiger partial charge in [-0.15, -0.1) is 0 Å². The van der Waals surface area contributed by atoms with Crippen molar-refractivity contribution in [2.45, 2.75) is 32.0 Å². The molecule has 1 saturated heterocycles. The number of hydrogen-bond acceptors (Lipinski definition) is 3. The second-order valence-corrected chi connectivity index (χ2v) is 4.65. The molecular formula is C14H19F2NO2. The van der Waals surface area contributed by atoms with Gasteiger partial charge in [-0.05, 0) is 31.5 Å². The number of halogens is 2. The topological polar surface area (TPSA) is 30.5 Å². The fraction of sp³-hybridized carbons (Fsp3) is 0.571. The van der Waals surface area contributed by atoms with Crippen molar-refractivity contribution < 1.29 is 18.3 Å². The lowest BCUT2D eigenvalue weighted by Crippen LogP contribution is -2.28. The van der Waals surface area contributed by atoms with Gasteiger partial charge in [-0.2, -0.15) is 0 Å². The highest BCUT2D eigenvalue weighted by Gasteiger charge is 2.25. The van der Waals surface area contributed by atoms with E-state index in [4.69, 9.17) is 9.47 Å². The highest BCUT2D eigenvalue weighted by molar-refractivity contribution is 5.24. The molecule has 0 bridgehead atoms. The van der Waals surface area contributed by atoms with Crippen LogP contribution in [0.1, 0.15) is 19.8 Å². The number of nitrogens with one attached hydrogen (secondary N) is 1. The van der Waals surface area contributed by atoms with Crippen molar-refractivity contribution in [2.24, 2.45) is 0 Å². The van der Waals surface area contributed by atoms with Crippen LogP contribution in [0.5, 0.6) is 5.75 Å². The third-order valence-corrected chi connectivity index (χ3v) is 3.14. The Morgan fingerprint density at radius 3 is 2.84 bits per heavy atom. The summed E-state index contributed by atoms with van der Waals surface area (Å²) in [6.07, 6.45) is 2.06. The molecule has 2 atom stereocenters. The average Bonchev–Trinajstić information content (AvgIpc) is 2.83. The maximum absolute atomic E-state index is 13.4. The Balaban J connectivity index is 1.77. The first kappa shape index (κ1) is 14.2. The molecular weight excluding hydrogens is 252 g/mol. The molecule has 0 amide bonds. The van der Waals surface area contributed by atoms with E-state index in [2.05, 4.69) is 5.32 Å². The van der Waals surface area contributed by atoms with E-state index < -0.39 is 11.6 Å². The molecule has 0 aliphatic carbocycles. The van der Waals surface area contributed by atoms with Crippen molar-refractivity contribution in [3.05, 3.63) is 29.8 Å². The van der Waals surface area contributed by atoms with Gasteiger partial charge in [-0.1, -0.05) is 6.92 Å². The summed E-state index contributed by atoms with van der Waals surface area (Å²) in [6, 6.07) is 3.30. The fourth-order valence-corrected chi connectivity index (χ4v) is 2.13. The van der Waals surface area contributed by atoms with E-state index in [-0.39, 0.29) is 18.0 Å². The van der Waals surface area contributed by atoms with Gasteiger partial charge in [-0.3, -0.25) is 0 Å². The zero-order valence-electron chi connectivity index (χ0n) is 11.0. The molecule has 1 aromatic carbocycles. The number of hydrogen-bond donors (Lipinski definition) is 1. The van der Waals surface area contributed by atoms with E-state index in [1.165, 1.54) is 12.1 Å². The van der Waals surface area contributed by atoms with Crippen molar-refractivity contribution in [1.29, 1.82) is 0 Å². The zero-order valence-corrected chi connectivity index (χ0v) is 11.0. The lowest BCUT2D eigenvalue weighted by atomic mass is 10.2. The molecule has 1 heterocycles. The van der Waals surface area contributed by atoms with Crippen molar-refractivity contribution in [3.8, 4) is 5.75 Å². The number of rotatable bonds is 6. The smallest absolute Gasteiger partial charge is 0.167 e. The van der Waals surface area contributed by atoms with Crippen LogP contribution in [0.15, 0.2) is 18.2 Å². The van der Waals surface area contributed by atoms with E-state index in [1.807, 2.05) is 6.92 Å². The molecule has 106 valence electrons. The van der Waals surface area contributed by atoms with Gasteiger partial charge in [0.15, 0.2) is 11.6 Å². The summed E-state index contributed by atoms with van der Waals surface area (Å²) in [6.45, 7) is 4.10. The maximum atomic E-state index is 13.4. The highest BCUT2D eigenvalue weighted by Crippen LogP contribution is 2.22. The minimum absolute atomic E-state index is 0.0203. The molecule has 1 fully saturated rings. The van der Waals surface area contributed by atoms with Crippen LogP contribution in [0.4, 0.5) is 8.78 Å². The first-order chi connectivity index (χ1) is 9.19. The maximum Gasteiger partial charge on any atom is 0.167 e. The van der Waals surface area contributed by atoms with Crippen LogP contribution >= 0.6 is 0 Å². The highest BCUT2D eigenvalue weighted by atomic mass is 19.1. The Labute approximate surface area is 111 Å². The molecule has 3 nitrogen and oxygen atoms in total. The summed E-state index contributed by atoms with van der Waals surface area (Å²) in [5, 5.41) is 3.23. The number of ether oxygens (including phenoxy) is 2. The summed E-state index contributed by atoms with van der Waals surface area (Å²) in [5.41, 5.74) is 0. The largest absolute Gasteiger partial charge is 0.488 e. The molecule has 2 unspecified atom stereocenters. The predicted octanol–water partition coefficient (Wildman–Crippen LogP) is 2.50. The van der Waals surface area contributed by atoms with Crippen LogP contribution < -0.4 is 10.1 Å². The zero-order chi connectivity index (χ0) is 13.7. The van der Waals surface area contributed by atoms with Crippen molar-refractivity contribution in [3.63, 3.8) is 0 Å². The van der Waals surface area contributed by atoms with Crippen molar-refractivity contribution in [2.75, 3.05) is 19.7 Å². The van der Waals surface area contributed by atoms with Gasteiger partial charge < -0.3 is 14.8 Å². The van der Waals surface area contributed by atoms with Crippen LogP contribution in [0.3, 0.4) is 0 Å². The fourth-order valence-electron chi connectivity index (χ4n) is 2.13. The average molecular weight is 271 g/mol. The Morgan fingerprint density at radius 2 is 2.11 bits per heavy atom. The van der Waals surface area contributed by atoms with Crippen molar-refractivity contribution in [1.82, 2.24) is 5.32 Å². The lowest BCUT2D eigenvalue weighted by molar-refractivity contribution is 0.0180. The Bertz CT molecular complexity index is 414. The molecule has 2 rings (SSSR count). The quantitative estimate of drug-likeness (QED) is 0.862. The van der Waals surface area contributed by atoms with E-state index >= 15 is 0 Å². The minimum atomic E-state index is -0.679. The molecule has 1 N–H and O–H groups in total. The van der Waals surface area contributed by atoms with E-state index in [1.54, 1.807) is 0 Å². The minimum Gasteiger partial charge on any atom is -0.488 e. The molecule has 0 spiro atoms. The van der Waals surface area contributed by atoms with Crippen LogP contribution in [-0.4, -0.2) is 31.9 Å². The summed E-state index contributed by atoms with van der Waals surface area (Å²) in [7, 11) is 0. The summed E-state index contributed by atoms with van der Waals surface area (Å²) in [4.78, 5) is 0. The molecule has 1 aliphatic rings. The molecule has 0 radical (unpaired) electrons. The molecule has 19 heavy (non-hydrogen) atoms. The van der Waals surface area contributed by atoms with Crippen LogP contribution in [0.25, 0.3) is 0 Å². The van der Waals surface area contributed by atoms with Gasteiger partial charge in [0.2, 0.25) is 0 Å². The van der Waals surface area contributed by atoms with Gasteiger partial charge in [0.05, 0.1) is 12.2 Å². The van der Waals surface area contributed by atoms with E-state index in [0.717, 1.165) is 32.0 Å². The van der Waals surface area contributed by atoms with E-state index in [0.29, 0.717) is 6.61 Å². The van der Waals surface area contributed by atoms with Crippen LogP contribution in [-0.2, 0) is 4.74 Å². The van der Waals surface area contributed by atoms with Crippen LogP contribution in [0.2, 0.25) is 0 Å². The molecule has 0 aromatic heterocycles. The number of likely N-dealkylation sites (N-methyl/N-ethyl adjacent to an activating group) is 1. The Kier molecular flexibility index (Phi) is 5.10. The second kappa shape index (κ2) is 6.82. The first-order valence-corrected chi connectivity index (χ1v) is 6.63. The monoisotopic (exact) mass is 271 g/mol. The Hall–Kier alpha value is -1.20. The summed E-state index contributed by atoms with van der Waals surface area (Å²) < 4.78 is 37.2. The Morgan fingerprint density at radius 1 is 1.32 bits per heavy atom. The van der Waals surface area contributed by atoms with E-state index in [9.17, 15) is 8.78 Å². The molecule has 1 aliphatic heterocycles. The molecule has 5 heteroatoms. The third kappa shape index (κ3) is 4.14. The first-order valence-electron chi connectivity index (χ1n) is 6.63. The number of benzene rings is 1. The summed E-state index contributed by atoms with van der Waals surface area (Å²) in [5.74, 6) is -1.21. The lowest BCUT2D eigenvalue weighted by Gasteiger charge is -2.15. The van der Waals surface area contributed by atoms with Crippen LogP contribution in [0, 0.1) is 11.6 Å². The molecule has 0 saturated carbocycles. The van der Waals surface area contributed by atoms with Gasteiger partial charge >= 0.3 is 0 Å². The van der Waals surface area contributed by atoms with Gasteiger partial charge in [0.25, 0.3) is 0 Å². The van der Waals surface area contributed by atoms with Gasteiger partial charge in [0.1, 0.15) is 12.4 Å². The predicted molar refractivity (Wildman–Crippen MR) is 68.3 cm³/mol. The third-order valence-electron chi connectivity index (χ3n) is 3.14. The second-order valence-electron chi connectivity index (χ2n) is 4.65. The van der Waals surface area contributed by atoms with Gasteiger partial charge in [-0.25, -0.2) is 8.78 Å². The molecule has 1 aromatic rings. The summed E-state index contributed by atoms with van der Waals surface area (Å²) >= 11 is 0. The van der Waals surface area contributed by atoms with Gasteiger partial charge in [0, 0.05) is 12.6 Å². The standard InChI is InChI=1S/C14H19F2NO2/c1-2-17-8-11-4-5-12(19-11)9-18-14-6-3-10(15)7-13(14)16/h3,6-7,11-12,17H,2,4-5,8-9H2,1H3. The SMILES string of the molecule is CCNCC1CCC(COc2ccc(F)cc2F)O1. The van der Waals surface area contributed by atoms with Crippen molar-refractivity contribution >= 4 is 0 Å². The normalized spacial score (nSPS) is 22.7.